The summed E-state index contributed by atoms with van der Waals surface area (Å²) in [4.78, 5) is 26.4. The number of urea groups is 1. The lowest BCUT2D eigenvalue weighted by atomic mass is 10.3. The van der Waals surface area contributed by atoms with E-state index in [0.717, 1.165) is 32.6 Å². The van der Waals surface area contributed by atoms with Crippen molar-refractivity contribution in [3.05, 3.63) is 18.1 Å². The SMILES string of the molecule is CN1CCN(C(=O)N2CCC(Oc3nccnc3C#N)C2)CC1. The van der Waals surface area contributed by atoms with Gasteiger partial charge in [0.15, 0.2) is 0 Å². The quantitative estimate of drug-likeness (QED) is 0.773. The van der Waals surface area contributed by atoms with E-state index in [2.05, 4.69) is 21.9 Å². The van der Waals surface area contributed by atoms with Gasteiger partial charge in [0.2, 0.25) is 5.69 Å². The minimum atomic E-state index is -0.143. The Kier molecular flexibility index (Phi) is 4.57. The monoisotopic (exact) mass is 316 g/mol. The van der Waals surface area contributed by atoms with Gasteiger partial charge in [0, 0.05) is 51.5 Å². The highest BCUT2D eigenvalue weighted by molar-refractivity contribution is 5.75. The largest absolute Gasteiger partial charge is 0.470 e. The summed E-state index contributed by atoms with van der Waals surface area (Å²) in [6.45, 7) is 4.53. The maximum absolute atomic E-state index is 12.5. The van der Waals surface area contributed by atoms with Crippen LogP contribution in [0, 0.1) is 11.3 Å². The summed E-state index contributed by atoms with van der Waals surface area (Å²) >= 11 is 0. The van der Waals surface area contributed by atoms with Crippen molar-refractivity contribution in [3.8, 4) is 11.9 Å². The second-order valence-corrected chi connectivity index (χ2v) is 5.87. The van der Waals surface area contributed by atoms with Crippen LogP contribution in [0.5, 0.6) is 5.88 Å². The second kappa shape index (κ2) is 6.79. The molecule has 1 aromatic rings. The van der Waals surface area contributed by atoms with Gasteiger partial charge in [-0.25, -0.2) is 14.8 Å². The second-order valence-electron chi connectivity index (χ2n) is 5.87. The Balaban J connectivity index is 1.56. The minimum Gasteiger partial charge on any atom is -0.470 e. The summed E-state index contributed by atoms with van der Waals surface area (Å²) in [6, 6.07) is 2.04. The summed E-state index contributed by atoms with van der Waals surface area (Å²) in [5.74, 6) is 0.244. The Morgan fingerprint density at radius 3 is 2.70 bits per heavy atom. The third-order valence-electron chi connectivity index (χ3n) is 4.24. The molecule has 23 heavy (non-hydrogen) atoms. The number of amides is 2. The van der Waals surface area contributed by atoms with Gasteiger partial charge in [-0.3, -0.25) is 0 Å². The van der Waals surface area contributed by atoms with Crippen molar-refractivity contribution in [2.75, 3.05) is 46.3 Å². The van der Waals surface area contributed by atoms with Crippen molar-refractivity contribution in [2.24, 2.45) is 0 Å². The van der Waals surface area contributed by atoms with Crippen LogP contribution in [0.2, 0.25) is 0 Å². The van der Waals surface area contributed by atoms with Crippen LogP contribution >= 0.6 is 0 Å². The van der Waals surface area contributed by atoms with E-state index < -0.39 is 0 Å². The molecule has 3 heterocycles. The predicted molar refractivity (Wildman–Crippen MR) is 81.8 cm³/mol. The zero-order chi connectivity index (χ0) is 16.2. The van der Waals surface area contributed by atoms with Crippen LogP contribution in [0.25, 0.3) is 0 Å². The molecular weight excluding hydrogens is 296 g/mol. The van der Waals surface area contributed by atoms with Crippen molar-refractivity contribution in [1.29, 1.82) is 5.26 Å². The van der Waals surface area contributed by atoms with E-state index in [1.807, 2.05) is 15.9 Å². The van der Waals surface area contributed by atoms with Crippen LogP contribution < -0.4 is 4.74 Å². The van der Waals surface area contributed by atoms with Gasteiger partial charge in [-0.15, -0.1) is 0 Å². The minimum absolute atomic E-state index is 0.0730. The molecule has 3 rings (SSSR count). The molecule has 1 atom stereocenters. The first-order valence-electron chi connectivity index (χ1n) is 7.77. The average molecular weight is 316 g/mol. The molecule has 1 unspecified atom stereocenters. The molecular formula is C15H20N6O2. The fourth-order valence-corrected chi connectivity index (χ4v) is 2.84. The number of rotatable bonds is 2. The summed E-state index contributed by atoms with van der Waals surface area (Å²) in [7, 11) is 2.06. The highest BCUT2D eigenvalue weighted by Crippen LogP contribution is 2.19. The van der Waals surface area contributed by atoms with Gasteiger partial charge in [0.25, 0.3) is 5.88 Å². The van der Waals surface area contributed by atoms with Crippen molar-refractivity contribution >= 4 is 6.03 Å². The Morgan fingerprint density at radius 2 is 1.96 bits per heavy atom. The van der Waals surface area contributed by atoms with Gasteiger partial charge >= 0.3 is 6.03 Å². The van der Waals surface area contributed by atoms with Crippen LogP contribution in [0.3, 0.4) is 0 Å². The van der Waals surface area contributed by atoms with E-state index in [1.54, 1.807) is 0 Å². The number of hydrogen-bond acceptors (Lipinski definition) is 6. The van der Waals surface area contributed by atoms with Gasteiger partial charge in [0.1, 0.15) is 12.2 Å². The van der Waals surface area contributed by atoms with E-state index >= 15 is 0 Å². The summed E-state index contributed by atoms with van der Waals surface area (Å²) in [6.07, 6.45) is 3.55. The normalized spacial score (nSPS) is 22.0. The van der Waals surface area contributed by atoms with Gasteiger partial charge < -0.3 is 19.4 Å². The zero-order valence-electron chi connectivity index (χ0n) is 13.2. The number of likely N-dealkylation sites (tertiary alicyclic amines) is 1. The number of hydrogen-bond donors (Lipinski definition) is 0. The molecule has 8 heteroatoms. The first kappa shape index (κ1) is 15.5. The number of carbonyl (C=O) groups excluding carboxylic acids is 1. The molecule has 2 aliphatic heterocycles. The topological polar surface area (TPSA) is 85.6 Å². The lowest BCUT2D eigenvalue weighted by Gasteiger charge is -2.34. The number of ether oxygens (including phenoxy) is 1. The molecule has 122 valence electrons. The van der Waals surface area contributed by atoms with Crippen LogP contribution in [-0.2, 0) is 0 Å². The smallest absolute Gasteiger partial charge is 0.320 e. The van der Waals surface area contributed by atoms with Gasteiger partial charge in [-0.2, -0.15) is 5.26 Å². The molecule has 0 bridgehead atoms. The highest BCUT2D eigenvalue weighted by Gasteiger charge is 2.32. The number of nitrogens with zero attached hydrogens (tertiary/aromatic N) is 6. The van der Waals surface area contributed by atoms with Crippen molar-refractivity contribution < 1.29 is 9.53 Å². The lowest BCUT2D eigenvalue weighted by molar-refractivity contribution is 0.123. The Hall–Kier alpha value is -2.40. The molecule has 8 nitrogen and oxygen atoms in total. The molecule has 1 aromatic heterocycles. The molecule has 2 saturated heterocycles. The Labute approximate surface area is 135 Å². The number of likely N-dealkylation sites (N-methyl/N-ethyl adjacent to an activating group) is 1. The van der Waals surface area contributed by atoms with Gasteiger partial charge in [0.05, 0.1) is 6.54 Å². The van der Waals surface area contributed by atoms with Crippen LogP contribution in [-0.4, -0.2) is 83.1 Å². The van der Waals surface area contributed by atoms with E-state index in [1.165, 1.54) is 12.4 Å². The highest BCUT2D eigenvalue weighted by atomic mass is 16.5. The first-order valence-corrected chi connectivity index (χ1v) is 7.77. The van der Waals surface area contributed by atoms with Crippen molar-refractivity contribution in [1.82, 2.24) is 24.7 Å². The average Bonchev–Trinajstić information content (AvgIpc) is 3.04. The lowest BCUT2D eigenvalue weighted by Crippen LogP contribution is -2.51. The van der Waals surface area contributed by atoms with E-state index in [4.69, 9.17) is 10.00 Å². The van der Waals surface area contributed by atoms with Crippen LogP contribution in [0.4, 0.5) is 4.79 Å². The zero-order valence-corrected chi connectivity index (χ0v) is 13.2. The fourth-order valence-electron chi connectivity index (χ4n) is 2.84. The third-order valence-corrected chi connectivity index (χ3v) is 4.24. The molecule has 0 spiro atoms. The van der Waals surface area contributed by atoms with E-state index in [-0.39, 0.29) is 23.7 Å². The third kappa shape index (κ3) is 3.51. The molecule has 0 radical (unpaired) electrons. The molecule has 0 saturated carbocycles. The number of aromatic nitrogens is 2. The molecule has 0 aromatic carbocycles. The number of nitriles is 1. The Morgan fingerprint density at radius 1 is 1.22 bits per heavy atom. The van der Waals surface area contributed by atoms with Crippen LogP contribution in [0.1, 0.15) is 12.1 Å². The van der Waals surface area contributed by atoms with Crippen LogP contribution in [0.15, 0.2) is 12.4 Å². The van der Waals surface area contributed by atoms with E-state index in [0.29, 0.717) is 13.1 Å². The molecule has 2 fully saturated rings. The van der Waals surface area contributed by atoms with Crippen molar-refractivity contribution in [2.45, 2.75) is 12.5 Å². The van der Waals surface area contributed by atoms with Gasteiger partial charge in [-0.1, -0.05) is 0 Å². The molecule has 2 amide bonds. The summed E-state index contributed by atoms with van der Waals surface area (Å²) < 4.78 is 5.77. The molecule has 0 aliphatic carbocycles. The predicted octanol–water partition coefficient (Wildman–Crippen LogP) is 0.169. The first-order chi connectivity index (χ1) is 11.2. The number of piperazine rings is 1. The van der Waals surface area contributed by atoms with Gasteiger partial charge in [-0.05, 0) is 7.05 Å². The van der Waals surface area contributed by atoms with Crippen molar-refractivity contribution in [3.63, 3.8) is 0 Å². The number of carbonyl (C=O) groups is 1. The molecule has 2 aliphatic rings. The summed E-state index contributed by atoms with van der Waals surface area (Å²) in [5, 5.41) is 9.02. The fraction of sp³-hybridized carbons (Fsp3) is 0.600. The standard InChI is InChI=1S/C15H20N6O2/c1-19-6-8-20(9-7-19)15(22)21-5-2-12(11-21)23-14-13(10-16)17-3-4-18-14/h3-4,12H,2,5-9,11H2,1H3. The maximum atomic E-state index is 12.5. The summed E-state index contributed by atoms with van der Waals surface area (Å²) in [5.41, 5.74) is 0.177. The maximum Gasteiger partial charge on any atom is 0.320 e. The van der Waals surface area contributed by atoms with E-state index in [9.17, 15) is 4.79 Å². The molecule has 0 N–H and O–H groups in total. The Bertz CT molecular complexity index is 608.